The summed E-state index contributed by atoms with van der Waals surface area (Å²) in [5.74, 6) is 1.44. The molecular formula is C14H23N3OS. The van der Waals surface area contributed by atoms with Crippen molar-refractivity contribution in [3.05, 3.63) is 10.6 Å². The van der Waals surface area contributed by atoms with Gasteiger partial charge in [-0.15, -0.1) is 11.3 Å². The van der Waals surface area contributed by atoms with E-state index in [1.165, 1.54) is 36.3 Å². The van der Waals surface area contributed by atoms with E-state index in [-0.39, 0.29) is 0 Å². The van der Waals surface area contributed by atoms with Crippen LogP contribution in [-0.2, 0) is 11.3 Å². The van der Waals surface area contributed by atoms with Gasteiger partial charge in [-0.1, -0.05) is 0 Å². The summed E-state index contributed by atoms with van der Waals surface area (Å²) in [5.41, 5.74) is 7.13. The van der Waals surface area contributed by atoms with E-state index in [1.807, 2.05) is 0 Å². The van der Waals surface area contributed by atoms with Gasteiger partial charge in [-0.05, 0) is 31.6 Å². The van der Waals surface area contributed by atoms with Crippen molar-refractivity contribution in [2.75, 3.05) is 31.7 Å². The van der Waals surface area contributed by atoms with Gasteiger partial charge in [-0.2, -0.15) is 0 Å². The molecule has 0 amide bonds. The molecule has 0 spiro atoms. The summed E-state index contributed by atoms with van der Waals surface area (Å²) >= 11 is 1.78. The third-order valence-electron chi connectivity index (χ3n) is 4.07. The van der Waals surface area contributed by atoms with Gasteiger partial charge in [0.15, 0.2) is 5.13 Å². The van der Waals surface area contributed by atoms with Crippen LogP contribution in [0.3, 0.4) is 0 Å². The molecule has 0 atom stereocenters. The lowest BCUT2D eigenvalue weighted by Crippen LogP contribution is -2.29. The molecule has 1 aliphatic carbocycles. The summed E-state index contributed by atoms with van der Waals surface area (Å²) < 4.78 is 5.42. The predicted molar refractivity (Wildman–Crippen MR) is 78.8 cm³/mol. The minimum absolute atomic E-state index is 0.634. The quantitative estimate of drug-likeness (QED) is 0.900. The molecule has 1 aromatic rings. The Labute approximate surface area is 119 Å². The van der Waals surface area contributed by atoms with Crippen LogP contribution in [0.15, 0.2) is 0 Å². The minimum Gasteiger partial charge on any atom is -0.381 e. The molecule has 2 aliphatic rings. The number of hydrogen-bond donors (Lipinski definition) is 1. The first-order valence-electron chi connectivity index (χ1n) is 7.26. The lowest BCUT2D eigenvalue weighted by Gasteiger charge is -2.26. The van der Waals surface area contributed by atoms with Crippen LogP contribution < -0.4 is 10.6 Å². The molecule has 0 bridgehead atoms. The second-order valence-electron chi connectivity index (χ2n) is 5.72. The number of anilines is 1. The Balaban J connectivity index is 1.66. The van der Waals surface area contributed by atoms with Gasteiger partial charge < -0.3 is 15.4 Å². The lowest BCUT2D eigenvalue weighted by atomic mass is 10.0. The summed E-state index contributed by atoms with van der Waals surface area (Å²) in [6.45, 7) is 3.55. The van der Waals surface area contributed by atoms with Crippen LogP contribution in [-0.4, -0.2) is 31.8 Å². The van der Waals surface area contributed by atoms with Crippen LogP contribution in [0.2, 0.25) is 0 Å². The van der Waals surface area contributed by atoms with Gasteiger partial charge in [0.05, 0.1) is 5.69 Å². The lowest BCUT2D eigenvalue weighted by molar-refractivity contribution is 0.0685. The standard InChI is InChI=1S/C14H23N3OS/c1-17(9-10-4-6-18-7-5-10)14-16-13(11-2-3-11)12(8-15)19-14/h10-11H,2-9,15H2,1H3. The summed E-state index contributed by atoms with van der Waals surface area (Å²) in [6.07, 6.45) is 4.93. The average Bonchev–Trinajstić information content (AvgIpc) is 3.19. The minimum atomic E-state index is 0.634. The summed E-state index contributed by atoms with van der Waals surface area (Å²) in [5, 5.41) is 1.15. The van der Waals surface area contributed by atoms with E-state index in [2.05, 4.69) is 11.9 Å². The average molecular weight is 281 g/mol. The Morgan fingerprint density at radius 3 is 2.68 bits per heavy atom. The molecule has 106 valence electrons. The van der Waals surface area contributed by atoms with Crippen molar-refractivity contribution < 1.29 is 4.74 Å². The van der Waals surface area contributed by atoms with E-state index in [4.69, 9.17) is 15.5 Å². The second-order valence-corrected chi connectivity index (χ2v) is 6.78. The van der Waals surface area contributed by atoms with Gasteiger partial charge in [0.2, 0.25) is 0 Å². The fraction of sp³-hybridized carbons (Fsp3) is 0.786. The van der Waals surface area contributed by atoms with Gasteiger partial charge in [0.1, 0.15) is 0 Å². The van der Waals surface area contributed by atoms with Gasteiger partial charge in [0.25, 0.3) is 0 Å². The molecule has 2 N–H and O–H groups in total. The summed E-state index contributed by atoms with van der Waals surface area (Å²) in [4.78, 5) is 8.44. The highest BCUT2D eigenvalue weighted by molar-refractivity contribution is 7.15. The molecule has 1 saturated heterocycles. The van der Waals surface area contributed by atoms with Gasteiger partial charge >= 0.3 is 0 Å². The van der Waals surface area contributed by atoms with E-state index in [0.717, 1.165) is 30.8 Å². The number of rotatable bonds is 5. The molecule has 1 aromatic heterocycles. The number of ether oxygens (including phenoxy) is 1. The van der Waals surface area contributed by atoms with Crippen molar-refractivity contribution in [2.24, 2.45) is 11.7 Å². The molecule has 1 aliphatic heterocycles. The van der Waals surface area contributed by atoms with Gasteiger partial charge in [-0.3, -0.25) is 0 Å². The normalized spacial score (nSPS) is 20.7. The highest BCUT2D eigenvalue weighted by Gasteiger charge is 2.30. The Kier molecular flexibility index (Phi) is 4.05. The van der Waals surface area contributed by atoms with Crippen molar-refractivity contribution in [1.82, 2.24) is 4.98 Å². The maximum atomic E-state index is 5.85. The first kappa shape index (κ1) is 13.3. The first-order chi connectivity index (χ1) is 9.28. The molecular weight excluding hydrogens is 258 g/mol. The highest BCUT2D eigenvalue weighted by Crippen LogP contribution is 2.44. The Morgan fingerprint density at radius 2 is 2.05 bits per heavy atom. The van der Waals surface area contributed by atoms with Crippen LogP contribution in [0.4, 0.5) is 5.13 Å². The van der Waals surface area contributed by atoms with E-state index in [9.17, 15) is 0 Å². The Morgan fingerprint density at radius 1 is 1.32 bits per heavy atom. The number of nitrogens with two attached hydrogens (primary N) is 1. The molecule has 5 heteroatoms. The third-order valence-corrected chi connectivity index (χ3v) is 5.27. The van der Waals surface area contributed by atoms with Crippen molar-refractivity contribution in [3.8, 4) is 0 Å². The van der Waals surface area contributed by atoms with E-state index in [1.54, 1.807) is 11.3 Å². The Hall–Kier alpha value is -0.650. The third kappa shape index (κ3) is 3.09. The maximum Gasteiger partial charge on any atom is 0.185 e. The monoisotopic (exact) mass is 281 g/mol. The van der Waals surface area contributed by atoms with Crippen LogP contribution in [0.1, 0.15) is 42.2 Å². The van der Waals surface area contributed by atoms with E-state index < -0.39 is 0 Å². The van der Waals surface area contributed by atoms with Crippen molar-refractivity contribution in [2.45, 2.75) is 38.1 Å². The van der Waals surface area contributed by atoms with Crippen LogP contribution in [0, 0.1) is 5.92 Å². The van der Waals surface area contributed by atoms with Crippen molar-refractivity contribution in [3.63, 3.8) is 0 Å². The highest BCUT2D eigenvalue weighted by atomic mass is 32.1. The molecule has 3 rings (SSSR count). The summed E-state index contributed by atoms with van der Waals surface area (Å²) in [7, 11) is 2.16. The first-order valence-corrected chi connectivity index (χ1v) is 8.08. The SMILES string of the molecule is CN(CC1CCOCC1)c1nc(C2CC2)c(CN)s1. The van der Waals surface area contributed by atoms with Crippen molar-refractivity contribution >= 4 is 16.5 Å². The second kappa shape index (κ2) is 5.77. The smallest absolute Gasteiger partial charge is 0.185 e. The fourth-order valence-corrected chi connectivity index (χ4v) is 3.73. The fourth-order valence-electron chi connectivity index (χ4n) is 2.73. The van der Waals surface area contributed by atoms with E-state index in [0.29, 0.717) is 12.5 Å². The largest absolute Gasteiger partial charge is 0.381 e. The molecule has 4 nitrogen and oxygen atoms in total. The number of hydrogen-bond acceptors (Lipinski definition) is 5. The maximum absolute atomic E-state index is 5.85. The van der Waals surface area contributed by atoms with Crippen molar-refractivity contribution in [1.29, 1.82) is 0 Å². The van der Waals surface area contributed by atoms with Crippen LogP contribution in [0.25, 0.3) is 0 Å². The Bertz CT molecular complexity index is 424. The van der Waals surface area contributed by atoms with Crippen LogP contribution in [0.5, 0.6) is 0 Å². The number of nitrogens with zero attached hydrogens (tertiary/aromatic N) is 2. The van der Waals surface area contributed by atoms with Gasteiger partial charge in [-0.25, -0.2) is 4.98 Å². The zero-order valence-electron chi connectivity index (χ0n) is 11.6. The molecule has 0 aromatic carbocycles. The zero-order valence-corrected chi connectivity index (χ0v) is 12.4. The zero-order chi connectivity index (χ0) is 13.2. The molecule has 2 fully saturated rings. The van der Waals surface area contributed by atoms with Gasteiger partial charge in [0, 0.05) is 44.1 Å². The molecule has 0 unspecified atom stereocenters. The van der Waals surface area contributed by atoms with Crippen LogP contribution >= 0.6 is 11.3 Å². The molecule has 1 saturated carbocycles. The molecule has 2 heterocycles. The summed E-state index contributed by atoms with van der Waals surface area (Å²) in [6, 6.07) is 0. The number of thiazole rings is 1. The molecule has 19 heavy (non-hydrogen) atoms. The topological polar surface area (TPSA) is 51.4 Å². The number of aromatic nitrogens is 1. The molecule has 0 radical (unpaired) electrons. The predicted octanol–water partition coefficient (Wildman–Crippen LogP) is 2.34. The van der Waals surface area contributed by atoms with E-state index >= 15 is 0 Å².